The molecule has 5 nitrogen and oxygen atoms in total. The van der Waals surface area contributed by atoms with Crippen LogP contribution < -0.4 is 11.1 Å². The molecule has 0 radical (unpaired) electrons. The van der Waals surface area contributed by atoms with Crippen LogP contribution in [0.1, 0.15) is 6.42 Å². The number of carbonyl (C=O) groups excluding carboxylic acids is 1. The topological polar surface area (TPSA) is 88.1 Å². The van der Waals surface area contributed by atoms with E-state index in [-0.39, 0.29) is 6.42 Å². The van der Waals surface area contributed by atoms with E-state index in [1.807, 2.05) is 0 Å². The zero-order chi connectivity index (χ0) is 10.3. The van der Waals surface area contributed by atoms with Crippen LogP contribution in [-0.4, -0.2) is 17.1 Å². The Morgan fingerprint density at radius 2 is 2.54 bits per heavy atom. The van der Waals surface area contributed by atoms with Crippen molar-refractivity contribution in [2.75, 3.05) is 0 Å². The van der Waals surface area contributed by atoms with Crippen molar-refractivity contribution in [3.63, 3.8) is 0 Å². The maximum absolute atomic E-state index is 10.8. The summed E-state index contributed by atoms with van der Waals surface area (Å²) in [7, 11) is 0. The van der Waals surface area contributed by atoms with Gasteiger partial charge in [0.15, 0.2) is 0 Å². The monoisotopic (exact) mass is 226 g/mol. The predicted molar refractivity (Wildman–Crippen MR) is 42.6 cm³/mol. The Morgan fingerprint density at radius 1 is 1.92 bits per heavy atom. The number of nitriles is 1. The van der Waals surface area contributed by atoms with Crippen LogP contribution in [0.3, 0.4) is 0 Å². The molecule has 73 valence electrons. The number of nitrogens with one attached hydrogen (secondary N) is 1. The molecular formula is C7H9CoN3O2. The van der Waals surface area contributed by atoms with Crippen LogP contribution in [0.2, 0.25) is 0 Å². The number of ether oxygens (including phenoxy) is 1. The molecule has 0 heterocycles. The van der Waals surface area contributed by atoms with Crippen LogP contribution in [0.4, 0.5) is 0 Å². The molecular weight excluding hydrogens is 217 g/mol. The molecule has 0 aromatic rings. The van der Waals surface area contributed by atoms with E-state index in [9.17, 15) is 4.79 Å². The fourth-order valence-electron chi connectivity index (χ4n) is 0.596. The Bertz CT molecular complexity index is 259. The van der Waals surface area contributed by atoms with Gasteiger partial charge in [-0.05, 0) is 0 Å². The van der Waals surface area contributed by atoms with Crippen molar-refractivity contribution in [3.8, 4) is 6.26 Å². The molecule has 0 aliphatic rings. The fourth-order valence-corrected chi connectivity index (χ4v) is 0.809. The van der Waals surface area contributed by atoms with Crippen LogP contribution in [-0.2, 0) is 24.8 Å². The Balaban J connectivity index is 3.93. The van der Waals surface area contributed by atoms with E-state index in [2.05, 4.69) is 31.9 Å². The Kier molecular flexibility index (Phi) is 5.79. The van der Waals surface area contributed by atoms with Crippen LogP contribution >= 0.6 is 0 Å². The number of rotatable bonds is 5. The van der Waals surface area contributed by atoms with Crippen molar-refractivity contribution in [1.82, 2.24) is 5.32 Å². The van der Waals surface area contributed by atoms with E-state index >= 15 is 0 Å². The van der Waals surface area contributed by atoms with E-state index in [4.69, 9.17) is 11.0 Å². The zero-order valence-corrected chi connectivity index (χ0v) is 7.78. The zero-order valence-electron chi connectivity index (χ0n) is 6.74. The van der Waals surface area contributed by atoms with Gasteiger partial charge in [-0.25, -0.2) is 0 Å². The van der Waals surface area contributed by atoms with E-state index in [0.717, 1.165) is 0 Å². The fraction of sp³-hybridized carbons (Fsp3) is 0.286. The molecule has 0 amide bonds. The first-order valence-corrected chi connectivity index (χ1v) is 3.91. The van der Waals surface area contributed by atoms with Gasteiger partial charge in [0.05, 0.1) is 0 Å². The third-order valence-electron chi connectivity index (χ3n) is 1.17. The average molecular weight is 226 g/mol. The van der Waals surface area contributed by atoms with Crippen molar-refractivity contribution >= 4 is 11.1 Å². The average Bonchev–Trinajstić information content (AvgIpc) is 2.05. The van der Waals surface area contributed by atoms with Gasteiger partial charge >= 0.3 is 83.2 Å². The van der Waals surface area contributed by atoms with Crippen molar-refractivity contribution in [1.29, 1.82) is 5.26 Å². The van der Waals surface area contributed by atoms with Gasteiger partial charge in [-0.3, -0.25) is 0 Å². The molecule has 3 N–H and O–H groups in total. The van der Waals surface area contributed by atoms with Gasteiger partial charge in [-0.2, -0.15) is 0 Å². The molecule has 0 aromatic heterocycles. The predicted octanol–water partition coefficient (Wildman–Crippen LogP) is -0.862. The molecule has 0 aliphatic carbocycles. The molecule has 0 saturated carbocycles. The summed E-state index contributed by atoms with van der Waals surface area (Å²) in [6.07, 6.45) is 1.44. The van der Waals surface area contributed by atoms with Gasteiger partial charge in [-0.1, -0.05) is 0 Å². The number of hydrogen-bond acceptors (Lipinski definition) is 5. The quantitative estimate of drug-likeness (QED) is 0.470. The first-order chi connectivity index (χ1) is 6.11. The third-order valence-corrected chi connectivity index (χ3v) is 1.32. The number of nitrogens with zero attached hydrogens (tertiary/aromatic N) is 1. The number of hydrogen-bond donors (Lipinski definition) is 2. The summed E-state index contributed by atoms with van der Waals surface area (Å²) in [6, 6.07) is -0.882. The van der Waals surface area contributed by atoms with Crippen LogP contribution in [0.5, 0.6) is 0 Å². The van der Waals surface area contributed by atoms with Crippen molar-refractivity contribution in [2.45, 2.75) is 12.5 Å². The van der Waals surface area contributed by atoms with Gasteiger partial charge in [0.1, 0.15) is 0 Å². The van der Waals surface area contributed by atoms with E-state index < -0.39 is 12.0 Å². The van der Waals surface area contributed by atoms with Gasteiger partial charge in [0.2, 0.25) is 0 Å². The second kappa shape index (κ2) is 6.36. The third kappa shape index (κ3) is 5.14. The molecule has 0 spiro atoms. The van der Waals surface area contributed by atoms with Crippen molar-refractivity contribution in [2.24, 2.45) is 5.73 Å². The molecule has 0 fully saturated rings. The molecule has 0 aliphatic heterocycles. The van der Waals surface area contributed by atoms with Crippen LogP contribution in [0.25, 0.3) is 0 Å². The summed E-state index contributed by atoms with van der Waals surface area (Å²) in [6.45, 7) is 3.56. The second-order valence-electron chi connectivity index (χ2n) is 2.17. The number of esters is 1. The Morgan fingerprint density at radius 3 is 3.00 bits per heavy atom. The summed E-state index contributed by atoms with van der Waals surface area (Å²) in [5.74, 6) is -0.774. The molecule has 0 saturated heterocycles. The van der Waals surface area contributed by atoms with Crippen molar-refractivity contribution in [3.05, 3.63) is 12.3 Å². The van der Waals surface area contributed by atoms with E-state index in [1.54, 1.807) is 0 Å². The number of nitrogens with two attached hydrogens (primary N) is 1. The molecule has 13 heavy (non-hydrogen) atoms. The summed E-state index contributed by atoms with van der Waals surface area (Å²) in [5, 5.41) is 12.0. The van der Waals surface area contributed by atoms with Crippen LogP contribution in [0, 0.1) is 11.5 Å². The molecule has 0 rings (SSSR count). The molecule has 6 heteroatoms. The summed E-state index contributed by atoms with van der Waals surface area (Å²) >= 11 is 3.81. The summed E-state index contributed by atoms with van der Waals surface area (Å²) < 4.78 is 4.03. The minimum atomic E-state index is -0.882. The number of carbonyl (C=O) groups is 1. The first-order valence-electron chi connectivity index (χ1n) is 3.30. The second-order valence-corrected chi connectivity index (χ2v) is 2.47. The molecule has 1 atom stereocenters. The SMILES string of the molecule is C=C(CC(N)C(=O)OC#N)N[CH]=[Co]. The summed E-state index contributed by atoms with van der Waals surface area (Å²) in [5.41, 5.74) is 5.89. The molecule has 0 aromatic carbocycles. The summed E-state index contributed by atoms with van der Waals surface area (Å²) in [4.78, 5) is 10.8. The maximum atomic E-state index is 10.8. The normalized spacial score (nSPS) is 10.8. The van der Waals surface area contributed by atoms with E-state index in [1.165, 1.54) is 11.3 Å². The Labute approximate surface area is 83.7 Å². The van der Waals surface area contributed by atoms with Gasteiger partial charge < -0.3 is 0 Å². The minimum absolute atomic E-state index is 0.191. The van der Waals surface area contributed by atoms with Gasteiger partial charge in [-0.15, -0.1) is 0 Å². The Hall–Kier alpha value is -1.16. The molecule has 0 bridgehead atoms. The van der Waals surface area contributed by atoms with Gasteiger partial charge in [0, 0.05) is 0 Å². The van der Waals surface area contributed by atoms with Crippen molar-refractivity contribution < 1.29 is 24.8 Å². The van der Waals surface area contributed by atoms with E-state index in [0.29, 0.717) is 5.70 Å². The first kappa shape index (κ1) is 11.8. The van der Waals surface area contributed by atoms with Crippen LogP contribution in [0.15, 0.2) is 12.3 Å². The van der Waals surface area contributed by atoms with Gasteiger partial charge in [0.25, 0.3) is 0 Å². The molecule has 1 unspecified atom stereocenters. The standard InChI is InChI=1S/C7H9N3O2.Co/c1-5(10-2)3-6(9)7(11)12-4-8;/h2,6,10H,1,3,9H2;.